The molecule has 5 heteroatoms. The molecule has 2 atom stereocenters. The maximum atomic E-state index is 13.3. The summed E-state index contributed by atoms with van der Waals surface area (Å²) < 4.78 is 18.8. The minimum absolute atomic E-state index is 0.0169. The lowest BCUT2D eigenvalue weighted by molar-refractivity contribution is -0.123. The summed E-state index contributed by atoms with van der Waals surface area (Å²) in [7, 11) is 1.81. The van der Waals surface area contributed by atoms with Crippen molar-refractivity contribution in [3.05, 3.63) is 29.6 Å². The van der Waals surface area contributed by atoms with Crippen molar-refractivity contribution in [2.24, 2.45) is 0 Å². The lowest BCUT2D eigenvalue weighted by Crippen LogP contribution is -2.35. The predicted molar refractivity (Wildman–Crippen MR) is 77.3 cm³/mol. The standard InChI is InChI=1S/C15H23FN2O2/c1-5-10(2)18-15(19)9-20-14-8-12(16)6-7-13(14)11(3)17-4/h6-8,10-11,17H,5,9H2,1-4H3,(H,18,19). The topological polar surface area (TPSA) is 50.4 Å². The molecule has 1 amide bonds. The van der Waals surface area contributed by atoms with Gasteiger partial charge in [-0.1, -0.05) is 13.0 Å². The molecule has 0 heterocycles. The van der Waals surface area contributed by atoms with Gasteiger partial charge in [-0.25, -0.2) is 4.39 Å². The van der Waals surface area contributed by atoms with Crippen LogP contribution in [-0.2, 0) is 4.79 Å². The lowest BCUT2D eigenvalue weighted by Gasteiger charge is -2.17. The summed E-state index contributed by atoms with van der Waals surface area (Å²) in [5.74, 6) is -0.188. The van der Waals surface area contributed by atoms with Crippen molar-refractivity contribution in [1.82, 2.24) is 10.6 Å². The van der Waals surface area contributed by atoms with Gasteiger partial charge in [-0.3, -0.25) is 4.79 Å². The van der Waals surface area contributed by atoms with Crippen molar-refractivity contribution in [2.75, 3.05) is 13.7 Å². The Bertz CT molecular complexity index is 451. The van der Waals surface area contributed by atoms with Crippen molar-refractivity contribution in [1.29, 1.82) is 0 Å². The first kappa shape index (κ1) is 16.4. The van der Waals surface area contributed by atoms with E-state index < -0.39 is 0 Å². The number of carbonyl (C=O) groups is 1. The van der Waals surface area contributed by atoms with Crippen molar-refractivity contribution < 1.29 is 13.9 Å². The van der Waals surface area contributed by atoms with Crippen LogP contribution in [-0.4, -0.2) is 25.6 Å². The van der Waals surface area contributed by atoms with Crippen molar-refractivity contribution in [2.45, 2.75) is 39.3 Å². The Balaban J connectivity index is 2.71. The molecule has 0 aliphatic rings. The number of rotatable bonds is 7. The highest BCUT2D eigenvalue weighted by atomic mass is 19.1. The molecular weight excluding hydrogens is 259 g/mol. The lowest BCUT2D eigenvalue weighted by atomic mass is 10.1. The van der Waals surface area contributed by atoms with Crippen LogP contribution in [0.5, 0.6) is 5.75 Å². The van der Waals surface area contributed by atoms with Gasteiger partial charge >= 0.3 is 0 Å². The van der Waals surface area contributed by atoms with Gasteiger partial charge in [0.05, 0.1) is 0 Å². The molecular formula is C15H23FN2O2. The summed E-state index contributed by atoms with van der Waals surface area (Å²) in [4.78, 5) is 11.7. The molecule has 0 radical (unpaired) electrons. The normalized spacial score (nSPS) is 13.7. The van der Waals surface area contributed by atoms with Crippen molar-refractivity contribution in [3.63, 3.8) is 0 Å². The third-order valence-electron chi connectivity index (χ3n) is 3.25. The van der Waals surface area contributed by atoms with Crippen LogP contribution in [0.1, 0.15) is 38.8 Å². The number of ether oxygens (including phenoxy) is 1. The third kappa shape index (κ3) is 4.81. The fourth-order valence-electron chi connectivity index (χ4n) is 1.71. The molecule has 1 rings (SSSR count). The van der Waals surface area contributed by atoms with E-state index in [9.17, 15) is 9.18 Å². The first-order valence-corrected chi connectivity index (χ1v) is 6.86. The maximum absolute atomic E-state index is 13.3. The molecule has 0 aromatic heterocycles. The van der Waals surface area contributed by atoms with Gasteiger partial charge in [-0.05, 0) is 33.4 Å². The van der Waals surface area contributed by atoms with E-state index in [1.54, 1.807) is 6.07 Å². The van der Waals surface area contributed by atoms with E-state index in [1.165, 1.54) is 12.1 Å². The van der Waals surface area contributed by atoms with Gasteiger partial charge < -0.3 is 15.4 Å². The molecule has 20 heavy (non-hydrogen) atoms. The Hall–Kier alpha value is -1.62. The monoisotopic (exact) mass is 282 g/mol. The summed E-state index contributed by atoms with van der Waals surface area (Å²) in [6, 6.07) is 4.48. The number of carbonyl (C=O) groups excluding carboxylic acids is 1. The SMILES string of the molecule is CCC(C)NC(=O)COc1cc(F)ccc1C(C)NC. The van der Waals surface area contributed by atoms with Crippen LogP contribution < -0.4 is 15.4 Å². The molecule has 0 spiro atoms. The van der Waals surface area contributed by atoms with E-state index in [2.05, 4.69) is 10.6 Å². The van der Waals surface area contributed by atoms with Crippen molar-refractivity contribution >= 4 is 5.91 Å². The fraction of sp³-hybridized carbons (Fsp3) is 0.533. The highest BCUT2D eigenvalue weighted by Gasteiger charge is 2.13. The van der Waals surface area contributed by atoms with E-state index >= 15 is 0 Å². The van der Waals surface area contributed by atoms with Gasteiger partial charge in [-0.2, -0.15) is 0 Å². The van der Waals surface area contributed by atoms with E-state index in [0.29, 0.717) is 5.75 Å². The van der Waals surface area contributed by atoms with Gasteiger partial charge in [0.2, 0.25) is 0 Å². The minimum atomic E-state index is -0.380. The quantitative estimate of drug-likeness (QED) is 0.807. The Morgan fingerprint density at radius 3 is 2.70 bits per heavy atom. The van der Waals surface area contributed by atoms with Crippen LogP contribution in [0.2, 0.25) is 0 Å². The second-order valence-corrected chi connectivity index (χ2v) is 4.86. The van der Waals surface area contributed by atoms with Crippen LogP contribution in [0.3, 0.4) is 0 Å². The highest BCUT2D eigenvalue weighted by Crippen LogP contribution is 2.25. The largest absolute Gasteiger partial charge is 0.483 e. The number of amides is 1. The fourth-order valence-corrected chi connectivity index (χ4v) is 1.71. The second-order valence-electron chi connectivity index (χ2n) is 4.86. The smallest absolute Gasteiger partial charge is 0.258 e. The van der Waals surface area contributed by atoms with Crippen LogP contribution in [0.15, 0.2) is 18.2 Å². The van der Waals surface area contributed by atoms with Gasteiger partial charge in [-0.15, -0.1) is 0 Å². The highest BCUT2D eigenvalue weighted by molar-refractivity contribution is 5.77. The summed E-state index contributed by atoms with van der Waals surface area (Å²) in [6.45, 7) is 5.75. The van der Waals surface area contributed by atoms with Crippen LogP contribution >= 0.6 is 0 Å². The number of hydrogen-bond acceptors (Lipinski definition) is 3. The zero-order valence-corrected chi connectivity index (χ0v) is 12.5. The van der Waals surface area contributed by atoms with Crippen LogP contribution in [0.4, 0.5) is 4.39 Å². The van der Waals surface area contributed by atoms with Gasteiger partial charge in [0.1, 0.15) is 11.6 Å². The van der Waals surface area contributed by atoms with E-state index in [4.69, 9.17) is 4.74 Å². The first-order chi connectivity index (χ1) is 9.47. The number of hydrogen-bond donors (Lipinski definition) is 2. The Morgan fingerprint density at radius 2 is 2.10 bits per heavy atom. The molecule has 0 bridgehead atoms. The average Bonchev–Trinajstić information content (AvgIpc) is 2.44. The maximum Gasteiger partial charge on any atom is 0.258 e. The van der Waals surface area contributed by atoms with Gasteiger partial charge in [0, 0.05) is 23.7 Å². The zero-order chi connectivity index (χ0) is 15.1. The zero-order valence-electron chi connectivity index (χ0n) is 12.5. The number of benzene rings is 1. The van der Waals surface area contributed by atoms with E-state index in [-0.39, 0.29) is 30.4 Å². The summed E-state index contributed by atoms with van der Waals surface area (Å²) in [5, 5.41) is 5.87. The molecule has 2 unspecified atom stereocenters. The predicted octanol–water partition coefficient (Wildman–Crippen LogP) is 2.40. The molecule has 1 aromatic rings. The Morgan fingerprint density at radius 1 is 1.40 bits per heavy atom. The molecule has 0 fully saturated rings. The molecule has 1 aromatic carbocycles. The Labute approximate surface area is 119 Å². The first-order valence-electron chi connectivity index (χ1n) is 6.86. The molecule has 0 aliphatic carbocycles. The summed E-state index contributed by atoms with van der Waals surface area (Å²) in [5.41, 5.74) is 0.824. The van der Waals surface area contributed by atoms with E-state index in [1.807, 2.05) is 27.8 Å². The van der Waals surface area contributed by atoms with Gasteiger partial charge in [0.25, 0.3) is 5.91 Å². The molecule has 2 N–H and O–H groups in total. The minimum Gasteiger partial charge on any atom is -0.483 e. The van der Waals surface area contributed by atoms with Crippen molar-refractivity contribution in [3.8, 4) is 5.75 Å². The molecule has 112 valence electrons. The van der Waals surface area contributed by atoms with Gasteiger partial charge in [0.15, 0.2) is 6.61 Å². The second kappa shape index (κ2) is 7.85. The van der Waals surface area contributed by atoms with Crippen LogP contribution in [0.25, 0.3) is 0 Å². The average molecular weight is 282 g/mol. The summed E-state index contributed by atoms with van der Waals surface area (Å²) in [6.07, 6.45) is 0.855. The molecule has 0 saturated carbocycles. The molecule has 0 saturated heterocycles. The molecule has 4 nitrogen and oxygen atoms in total. The third-order valence-corrected chi connectivity index (χ3v) is 3.25. The number of halogens is 1. The molecule has 0 aliphatic heterocycles. The number of nitrogens with one attached hydrogen (secondary N) is 2. The summed E-state index contributed by atoms with van der Waals surface area (Å²) >= 11 is 0. The van der Waals surface area contributed by atoms with Crippen LogP contribution in [0, 0.1) is 5.82 Å². The van der Waals surface area contributed by atoms with E-state index in [0.717, 1.165) is 12.0 Å². The Kier molecular flexibility index (Phi) is 6.45.